The van der Waals surface area contributed by atoms with Crippen LogP contribution in [-0.4, -0.2) is 37.7 Å². The minimum Gasteiger partial charge on any atom is -0.479 e. The summed E-state index contributed by atoms with van der Waals surface area (Å²) in [6.07, 6.45) is 1.62. The average Bonchev–Trinajstić information content (AvgIpc) is 3.24. The van der Waals surface area contributed by atoms with Gasteiger partial charge in [-0.15, -0.1) is 0 Å². The fourth-order valence-electron chi connectivity index (χ4n) is 3.17. The summed E-state index contributed by atoms with van der Waals surface area (Å²) in [5.74, 6) is -0.425. The van der Waals surface area contributed by atoms with Crippen molar-refractivity contribution in [2.75, 3.05) is 29.9 Å². The maximum absolute atomic E-state index is 12.2. The standard InChI is InChI=1S/C22H25BrN2O4/c1-15-13-18(25-11-3-4-12-25)7-10-20(15)24-21(26)14-28-22(27)16(2)29-19-8-5-17(23)6-9-19/h5-10,13,16H,3-4,11-12,14H2,1-2H3,(H,24,26). The van der Waals surface area contributed by atoms with Crippen LogP contribution < -0.4 is 15.0 Å². The molecule has 0 aromatic heterocycles. The number of nitrogens with one attached hydrogen (secondary N) is 1. The molecule has 1 amide bonds. The van der Waals surface area contributed by atoms with E-state index in [4.69, 9.17) is 9.47 Å². The van der Waals surface area contributed by atoms with E-state index in [1.54, 1.807) is 19.1 Å². The van der Waals surface area contributed by atoms with Crippen LogP contribution in [0.4, 0.5) is 11.4 Å². The molecule has 29 heavy (non-hydrogen) atoms. The average molecular weight is 461 g/mol. The minimum atomic E-state index is -0.814. The molecule has 0 saturated carbocycles. The lowest BCUT2D eigenvalue weighted by atomic mass is 10.1. The number of benzene rings is 2. The molecule has 7 heteroatoms. The second-order valence-corrected chi connectivity index (χ2v) is 7.98. The lowest BCUT2D eigenvalue weighted by molar-refractivity contribution is -0.153. The Morgan fingerprint density at radius 1 is 1.14 bits per heavy atom. The molecule has 6 nitrogen and oxygen atoms in total. The van der Waals surface area contributed by atoms with Crippen LogP contribution in [0.5, 0.6) is 5.75 Å². The quantitative estimate of drug-likeness (QED) is 0.623. The lowest BCUT2D eigenvalue weighted by Crippen LogP contribution is -2.29. The van der Waals surface area contributed by atoms with Crippen molar-refractivity contribution >= 4 is 39.2 Å². The number of esters is 1. The number of aryl methyl sites for hydroxylation is 1. The Morgan fingerprint density at radius 2 is 1.83 bits per heavy atom. The third-order valence-corrected chi connectivity index (χ3v) is 5.29. The van der Waals surface area contributed by atoms with Crippen LogP contribution in [0.1, 0.15) is 25.3 Å². The normalized spacial score (nSPS) is 14.4. The van der Waals surface area contributed by atoms with Crippen LogP contribution in [0.15, 0.2) is 46.9 Å². The monoisotopic (exact) mass is 460 g/mol. The van der Waals surface area contributed by atoms with Crippen LogP contribution >= 0.6 is 15.9 Å². The molecule has 0 bridgehead atoms. The van der Waals surface area contributed by atoms with Gasteiger partial charge < -0.3 is 19.7 Å². The smallest absolute Gasteiger partial charge is 0.347 e. The summed E-state index contributed by atoms with van der Waals surface area (Å²) in [6.45, 7) is 5.32. The van der Waals surface area contributed by atoms with E-state index in [1.807, 2.05) is 31.2 Å². The second-order valence-electron chi connectivity index (χ2n) is 7.06. The van der Waals surface area contributed by atoms with Gasteiger partial charge in [-0.25, -0.2) is 4.79 Å². The number of hydrogen-bond acceptors (Lipinski definition) is 5. The minimum absolute atomic E-state index is 0.361. The molecule has 1 N–H and O–H groups in total. The van der Waals surface area contributed by atoms with Crippen LogP contribution in [0.25, 0.3) is 0 Å². The van der Waals surface area contributed by atoms with E-state index in [1.165, 1.54) is 18.5 Å². The summed E-state index contributed by atoms with van der Waals surface area (Å²) >= 11 is 3.34. The van der Waals surface area contributed by atoms with Gasteiger partial charge in [0.05, 0.1) is 0 Å². The molecule has 3 rings (SSSR count). The first-order chi connectivity index (χ1) is 13.9. The SMILES string of the molecule is Cc1cc(N2CCCC2)ccc1NC(=O)COC(=O)C(C)Oc1ccc(Br)cc1. The number of carbonyl (C=O) groups excluding carboxylic acids is 2. The van der Waals surface area contributed by atoms with Crippen LogP contribution in [0.3, 0.4) is 0 Å². The first kappa shape index (κ1) is 21.2. The molecule has 2 aromatic carbocycles. The van der Waals surface area contributed by atoms with Crippen molar-refractivity contribution < 1.29 is 19.1 Å². The second kappa shape index (κ2) is 9.78. The molecule has 1 heterocycles. The number of ether oxygens (including phenoxy) is 2. The third kappa shape index (κ3) is 5.97. The molecule has 0 spiro atoms. The molecule has 1 saturated heterocycles. The fraction of sp³-hybridized carbons (Fsp3) is 0.364. The summed E-state index contributed by atoms with van der Waals surface area (Å²) < 4.78 is 11.5. The van der Waals surface area contributed by atoms with Gasteiger partial charge in [-0.1, -0.05) is 15.9 Å². The van der Waals surface area contributed by atoms with E-state index < -0.39 is 12.1 Å². The molecular weight excluding hydrogens is 436 g/mol. The van der Waals surface area contributed by atoms with Gasteiger partial charge in [-0.2, -0.15) is 0 Å². The highest BCUT2D eigenvalue weighted by Crippen LogP contribution is 2.25. The summed E-state index contributed by atoms with van der Waals surface area (Å²) in [6, 6.07) is 13.1. The summed E-state index contributed by atoms with van der Waals surface area (Å²) in [7, 11) is 0. The highest BCUT2D eigenvalue weighted by atomic mass is 79.9. The van der Waals surface area contributed by atoms with E-state index in [9.17, 15) is 9.59 Å². The van der Waals surface area contributed by atoms with Crippen molar-refractivity contribution in [3.8, 4) is 5.75 Å². The van der Waals surface area contributed by atoms with Crippen molar-refractivity contribution in [1.29, 1.82) is 0 Å². The van der Waals surface area contributed by atoms with E-state index in [-0.39, 0.29) is 12.5 Å². The van der Waals surface area contributed by atoms with Gasteiger partial charge in [0.15, 0.2) is 12.7 Å². The van der Waals surface area contributed by atoms with Crippen molar-refractivity contribution in [2.45, 2.75) is 32.8 Å². The molecule has 1 unspecified atom stereocenters. The largest absolute Gasteiger partial charge is 0.479 e. The first-order valence-corrected chi connectivity index (χ1v) is 10.5. The van der Waals surface area contributed by atoms with Crippen molar-refractivity contribution in [2.24, 2.45) is 0 Å². The molecular formula is C22H25BrN2O4. The number of nitrogens with zero attached hydrogens (tertiary/aromatic N) is 1. The molecule has 1 fully saturated rings. The molecule has 1 atom stereocenters. The first-order valence-electron chi connectivity index (χ1n) is 9.66. The van der Waals surface area contributed by atoms with Gasteiger partial charge in [-0.05, 0) is 74.7 Å². The van der Waals surface area contributed by atoms with Gasteiger partial charge in [0.2, 0.25) is 0 Å². The topological polar surface area (TPSA) is 67.9 Å². The Kier molecular flexibility index (Phi) is 7.14. The van der Waals surface area contributed by atoms with E-state index in [0.717, 1.165) is 23.1 Å². The highest BCUT2D eigenvalue weighted by Gasteiger charge is 2.18. The zero-order valence-electron chi connectivity index (χ0n) is 16.6. The van der Waals surface area contributed by atoms with Crippen LogP contribution in [-0.2, 0) is 14.3 Å². The van der Waals surface area contributed by atoms with Gasteiger partial charge in [0, 0.05) is 28.9 Å². The zero-order chi connectivity index (χ0) is 20.8. The van der Waals surface area contributed by atoms with Crippen molar-refractivity contribution in [3.63, 3.8) is 0 Å². The van der Waals surface area contributed by atoms with Gasteiger partial charge in [0.1, 0.15) is 5.75 Å². The zero-order valence-corrected chi connectivity index (χ0v) is 18.2. The van der Waals surface area contributed by atoms with Crippen LogP contribution in [0.2, 0.25) is 0 Å². The molecule has 1 aliphatic heterocycles. The van der Waals surface area contributed by atoms with E-state index in [2.05, 4.69) is 32.2 Å². The molecule has 2 aromatic rings. The van der Waals surface area contributed by atoms with Crippen molar-refractivity contribution in [3.05, 3.63) is 52.5 Å². The number of carbonyl (C=O) groups is 2. The van der Waals surface area contributed by atoms with Crippen molar-refractivity contribution in [1.82, 2.24) is 0 Å². The van der Waals surface area contributed by atoms with E-state index in [0.29, 0.717) is 11.4 Å². The Morgan fingerprint density at radius 3 is 2.48 bits per heavy atom. The van der Waals surface area contributed by atoms with Gasteiger partial charge in [-0.3, -0.25) is 4.79 Å². The summed E-state index contributed by atoms with van der Waals surface area (Å²) in [5.41, 5.74) is 2.86. The Balaban J connectivity index is 1.47. The maximum atomic E-state index is 12.2. The summed E-state index contributed by atoms with van der Waals surface area (Å²) in [5, 5.41) is 2.80. The lowest BCUT2D eigenvalue weighted by Gasteiger charge is -2.19. The summed E-state index contributed by atoms with van der Waals surface area (Å²) in [4.78, 5) is 26.6. The predicted molar refractivity (Wildman–Crippen MR) is 116 cm³/mol. The Labute approximate surface area is 179 Å². The number of rotatable bonds is 7. The number of halogens is 1. The third-order valence-electron chi connectivity index (χ3n) is 4.76. The molecule has 0 radical (unpaired) electrons. The molecule has 1 aliphatic rings. The molecule has 0 aliphatic carbocycles. The maximum Gasteiger partial charge on any atom is 0.347 e. The number of amides is 1. The predicted octanol–water partition coefficient (Wildman–Crippen LogP) is 4.31. The number of anilines is 2. The number of hydrogen-bond donors (Lipinski definition) is 1. The Hall–Kier alpha value is -2.54. The van der Waals surface area contributed by atoms with Gasteiger partial charge in [0.25, 0.3) is 5.91 Å². The highest BCUT2D eigenvalue weighted by molar-refractivity contribution is 9.10. The Bertz CT molecular complexity index is 864. The molecule has 154 valence electrons. The van der Waals surface area contributed by atoms with Gasteiger partial charge >= 0.3 is 5.97 Å². The fourth-order valence-corrected chi connectivity index (χ4v) is 3.43. The van der Waals surface area contributed by atoms with E-state index >= 15 is 0 Å². The van der Waals surface area contributed by atoms with Crippen LogP contribution in [0, 0.1) is 6.92 Å².